The maximum absolute atomic E-state index is 12.9. The molecule has 6 nitrogen and oxygen atoms in total. The van der Waals surface area contributed by atoms with Gasteiger partial charge in [0.15, 0.2) is 0 Å². The number of aliphatic hydroxyl groups is 1. The van der Waals surface area contributed by atoms with Crippen molar-refractivity contribution in [2.45, 2.75) is 18.6 Å². The smallest absolute Gasteiger partial charge is 0.254 e. The maximum atomic E-state index is 12.9. The monoisotopic (exact) mass is 388 g/mol. The Morgan fingerprint density at radius 3 is 2.44 bits per heavy atom. The largest absolute Gasteiger partial charge is 0.389 e. The van der Waals surface area contributed by atoms with Gasteiger partial charge in [-0.2, -0.15) is 0 Å². The Kier molecular flexibility index (Phi) is 5.04. The number of hydrogen-bond acceptors (Lipinski definition) is 4. The first-order valence-electron chi connectivity index (χ1n) is 9.08. The number of fused-ring (bicyclic) bond motifs is 1. The second-order valence-corrected chi connectivity index (χ2v) is 7.48. The Labute approximate surface area is 162 Å². The van der Waals surface area contributed by atoms with Crippen LogP contribution in [0.3, 0.4) is 0 Å². The summed E-state index contributed by atoms with van der Waals surface area (Å²) in [6, 6.07) is 11.0. The van der Waals surface area contributed by atoms with Gasteiger partial charge in [-0.25, -0.2) is 0 Å². The number of carbonyl (C=O) groups excluding carboxylic acids is 2. The van der Waals surface area contributed by atoms with E-state index >= 15 is 0 Å². The zero-order valence-corrected chi connectivity index (χ0v) is 15.6. The van der Waals surface area contributed by atoms with Crippen molar-refractivity contribution in [3.8, 4) is 0 Å². The highest BCUT2D eigenvalue weighted by atomic mass is 35.5. The number of β-amino-alcohol motifs (C(OH)–C–C–N with tert-alkyl or cyclic N) is 1. The van der Waals surface area contributed by atoms with Gasteiger partial charge in [-0.1, -0.05) is 23.7 Å². The third-order valence-corrected chi connectivity index (χ3v) is 5.36. The summed E-state index contributed by atoms with van der Waals surface area (Å²) in [6.07, 6.45) is -0.457. The molecular weight excluding hydrogens is 368 g/mol. The molecule has 2 atom stereocenters. The van der Waals surface area contributed by atoms with Crippen LogP contribution in [0.15, 0.2) is 36.4 Å². The molecule has 2 aromatic rings. The number of rotatable bonds is 2. The van der Waals surface area contributed by atoms with Crippen LogP contribution < -0.4 is 0 Å². The Bertz CT molecular complexity index is 883. The average molecular weight is 389 g/mol. The van der Waals surface area contributed by atoms with Crippen molar-refractivity contribution in [2.24, 2.45) is 0 Å². The molecule has 2 aromatic carbocycles. The molecule has 2 heterocycles. The highest BCUT2D eigenvalue weighted by Crippen LogP contribution is 2.22. The predicted octanol–water partition coefficient (Wildman–Crippen LogP) is 1.93. The Morgan fingerprint density at radius 2 is 1.70 bits per heavy atom. The van der Waals surface area contributed by atoms with Gasteiger partial charge in [0.25, 0.3) is 11.8 Å². The quantitative estimate of drug-likeness (QED) is 0.853. The van der Waals surface area contributed by atoms with Gasteiger partial charge in [-0.05, 0) is 35.0 Å². The lowest BCUT2D eigenvalue weighted by atomic mass is 10.1. The highest BCUT2D eigenvalue weighted by molar-refractivity contribution is 6.31. The molecule has 2 fully saturated rings. The first kappa shape index (κ1) is 18.2. The first-order chi connectivity index (χ1) is 13.0. The molecule has 7 heteroatoms. The molecule has 142 valence electrons. The predicted molar refractivity (Wildman–Crippen MR) is 102 cm³/mol. The van der Waals surface area contributed by atoms with Gasteiger partial charge >= 0.3 is 0 Å². The van der Waals surface area contributed by atoms with Crippen LogP contribution >= 0.6 is 11.6 Å². The SMILES string of the molecule is O=C(c1ccc2cc(Cl)ccc2c1)N1CCN(C(=O)C2CCO2)CC(O)C1. The van der Waals surface area contributed by atoms with Crippen molar-refractivity contribution in [1.29, 1.82) is 0 Å². The molecule has 0 saturated carbocycles. The topological polar surface area (TPSA) is 70.1 Å². The summed E-state index contributed by atoms with van der Waals surface area (Å²) in [5.41, 5.74) is 0.555. The van der Waals surface area contributed by atoms with Crippen LogP contribution in [0.1, 0.15) is 16.8 Å². The van der Waals surface area contributed by atoms with E-state index < -0.39 is 12.2 Å². The van der Waals surface area contributed by atoms with E-state index in [1.165, 1.54) is 0 Å². The molecule has 0 aromatic heterocycles. The Hall–Kier alpha value is -2.15. The van der Waals surface area contributed by atoms with E-state index in [4.69, 9.17) is 16.3 Å². The molecule has 2 amide bonds. The van der Waals surface area contributed by atoms with E-state index in [2.05, 4.69) is 0 Å². The Morgan fingerprint density at radius 1 is 1.04 bits per heavy atom. The van der Waals surface area contributed by atoms with Crippen molar-refractivity contribution >= 4 is 34.2 Å². The van der Waals surface area contributed by atoms with Gasteiger partial charge < -0.3 is 19.6 Å². The number of aliphatic hydroxyl groups excluding tert-OH is 1. The maximum Gasteiger partial charge on any atom is 0.254 e. The second kappa shape index (κ2) is 7.46. The van der Waals surface area contributed by atoms with Crippen molar-refractivity contribution in [3.63, 3.8) is 0 Å². The fourth-order valence-corrected chi connectivity index (χ4v) is 3.72. The molecule has 0 radical (unpaired) electrons. The number of ether oxygens (including phenoxy) is 1. The van der Waals surface area contributed by atoms with Crippen LogP contribution in [0.25, 0.3) is 10.8 Å². The molecule has 2 saturated heterocycles. The summed E-state index contributed by atoms with van der Waals surface area (Å²) in [4.78, 5) is 28.5. The lowest BCUT2D eigenvalue weighted by molar-refractivity contribution is -0.156. The molecule has 1 N–H and O–H groups in total. The third kappa shape index (κ3) is 3.78. The number of halogens is 1. The standard InChI is InChI=1S/C20H21ClN2O4/c21-16-4-3-13-9-15(2-1-14(13)10-16)19(25)22-6-7-23(12-17(24)11-22)20(26)18-5-8-27-18/h1-4,9-10,17-18,24H,5-8,11-12H2. The highest BCUT2D eigenvalue weighted by Gasteiger charge is 2.34. The van der Waals surface area contributed by atoms with Gasteiger partial charge in [0.05, 0.1) is 12.7 Å². The van der Waals surface area contributed by atoms with Gasteiger partial charge in [-0.3, -0.25) is 9.59 Å². The summed E-state index contributed by atoms with van der Waals surface area (Å²) in [7, 11) is 0. The summed E-state index contributed by atoms with van der Waals surface area (Å²) < 4.78 is 5.25. The molecule has 2 unspecified atom stereocenters. The van der Waals surface area contributed by atoms with Crippen molar-refractivity contribution in [3.05, 3.63) is 47.0 Å². The van der Waals surface area contributed by atoms with Crippen LogP contribution in [-0.4, -0.2) is 71.7 Å². The van der Waals surface area contributed by atoms with Crippen LogP contribution in [0.2, 0.25) is 5.02 Å². The molecule has 27 heavy (non-hydrogen) atoms. The number of benzene rings is 2. The molecule has 0 aliphatic carbocycles. The lowest BCUT2D eigenvalue weighted by Crippen LogP contribution is -2.48. The zero-order chi connectivity index (χ0) is 19.0. The first-order valence-corrected chi connectivity index (χ1v) is 9.46. The van der Waals surface area contributed by atoms with E-state index in [-0.39, 0.29) is 24.9 Å². The molecule has 0 spiro atoms. The minimum absolute atomic E-state index is 0.0998. The van der Waals surface area contributed by atoms with Gasteiger partial charge in [-0.15, -0.1) is 0 Å². The fourth-order valence-electron chi connectivity index (χ4n) is 3.54. The normalized spacial score (nSPS) is 23.0. The average Bonchev–Trinajstić information content (AvgIpc) is 2.81. The summed E-state index contributed by atoms with van der Waals surface area (Å²) in [5.74, 6) is -0.253. The molecule has 0 bridgehead atoms. The number of nitrogens with zero attached hydrogens (tertiary/aromatic N) is 2. The Balaban J connectivity index is 1.49. The minimum Gasteiger partial charge on any atom is -0.389 e. The van der Waals surface area contributed by atoms with E-state index in [1.54, 1.807) is 21.9 Å². The van der Waals surface area contributed by atoms with Crippen molar-refractivity contribution in [2.75, 3.05) is 32.8 Å². The van der Waals surface area contributed by atoms with E-state index in [0.717, 1.165) is 17.2 Å². The molecular formula is C20H21ClN2O4. The van der Waals surface area contributed by atoms with Crippen LogP contribution in [0.4, 0.5) is 0 Å². The van der Waals surface area contributed by atoms with E-state index in [1.807, 2.05) is 24.3 Å². The second-order valence-electron chi connectivity index (χ2n) is 7.04. The summed E-state index contributed by atoms with van der Waals surface area (Å²) in [6.45, 7) is 1.80. The number of amides is 2. The van der Waals surface area contributed by atoms with E-state index in [9.17, 15) is 14.7 Å². The van der Waals surface area contributed by atoms with Gasteiger partial charge in [0.1, 0.15) is 6.10 Å². The molecule has 2 aliphatic heterocycles. The van der Waals surface area contributed by atoms with Crippen molar-refractivity contribution < 1.29 is 19.4 Å². The van der Waals surface area contributed by atoms with Crippen LogP contribution in [0, 0.1) is 0 Å². The summed E-state index contributed by atoms with van der Waals surface area (Å²) in [5, 5.41) is 12.9. The van der Waals surface area contributed by atoms with Crippen LogP contribution in [-0.2, 0) is 9.53 Å². The summed E-state index contributed by atoms with van der Waals surface area (Å²) >= 11 is 6.01. The van der Waals surface area contributed by atoms with Crippen molar-refractivity contribution in [1.82, 2.24) is 9.80 Å². The van der Waals surface area contributed by atoms with Crippen LogP contribution in [0.5, 0.6) is 0 Å². The lowest BCUT2D eigenvalue weighted by Gasteiger charge is -2.31. The van der Waals surface area contributed by atoms with Gasteiger partial charge in [0, 0.05) is 43.2 Å². The van der Waals surface area contributed by atoms with E-state index in [0.29, 0.717) is 30.3 Å². The molecule has 2 aliphatic rings. The molecule has 4 rings (SSSR count). The van der Waals surface area contributed by atoms with Gasteiger partial charge in [0.2, 0.25) is 0 Å². The number of hydrogen-bond donors (Lipinski definition) is 1. The third-order valence-electron chi connectivity index (χ3n) is 5.12. The minimum atomic E-state index is -0.778. The number of carbonyl (C=O) groups is 2. The fraction of sp³-hybridized carbons (Fsp3) is 0.400. The zero-order valence-electron chi connectivity index (χ0n) is 14.8.